The fourth-order valence-electron chi connectivity index (χ4n) is 0.930. The van der Waals surface area contributed by atoms with Gasteiger partial charge in [-0.05, 0) is 40.8 Å². The summed E-state index contributed by atoms with van der Waals surface area (Å²) in [6.07, 6.45) is -4.61. The second kappa shape index (κ2) is 5.80. The molecule has 1 aromatic rings. The maximum atomic E-state index is 11.9. The van der Waals surface area contributed by atoms with E-state index in [0.29, 0.717) is 8.59 Å². The van der Waals surface area contributed by atoms with Gasteiger partial charge in [-0.1, -0.05) is 11.6 Å². The lowest BCUT2D eigenvalue weighted by Crippen LogP contribution is -2.37. The molecule has 1 aromatic carbocycles. The number of rotatable bonds is 4. The Morgan fingerprint density at radius 2 is 1.94 bits per heavy atom. The van der Waals surface area contributed by atoms with Crippen LogP contribution in [0.3, 0.4) is 0 Å². The third-order valence-electron chi connectivity index (χ3n) is 1.64. The minimum absolute atomic E-state index is 0.148. The maximum Gasteiger partial charge on any atom is 0.402 e. The van der Waals surface area contributed by atoms with Gasteiger partial charge >= 0.3 is 6.18 Å². The quantitative estimate of drug-likeness (QED) is 0.745. The molecule has 0 aliphatic carbocycles. The standard InChI is InChI=1S/C8H7ClF3IN2O2S/c9-5-1-2-7(6(13)3-5)15-18(16,17)14-4-8(10,11)12/h1-3,14-15H,4H2. The number of nitrogens with one attached hydrogen (secondary N) is 2. The summed E-state index contributed by atoms with van der Waals surface area (Å²) < 4.78 is 62.1. The zero-order valence-electron chi connectivity index (χ0n) is 8.55. The van der Waals surface area contributed by atoms with Crippen molar-refractivity contribution in [1.82, 2.24) is 4.72 Å². The van der Waals surface area contributed by atoms with Crippen LogP contribution in [0.25, 0.3) is 0 Å². The van der Waals surface area contributed by atoms with Gasteiger partial charge in [-0.15, -0.1) is 0 Å². The average molecular weight is 415 g/mol. The topological polar surface area (TPSA) is 58.2 Å². The summed E-state index contributed by atoms with van der Waals surface area (Å²) in [5, 5.41) is 0.394. The van der Waals surface area contributed by atoms with Crippen molar-refractivity contribution >= 4 is 50.1 Å². The van der Waals surface area contributed by atoms with Gasteiger partial charge in [0.25, 0.3) is 10.2 Å². The smallest absolute Gasteiger partial charge is 0.270 e. The molecule has 10 heteroatoms. The largest absolute Gasteiger partial charge is 0.402 e. The molecule has 0 saturated carbocycles. The van der Waals surface area contributed by atoms with Gasteiger partial charge in [0, 0.05) is 8.59 Å². The molecule has 0 bridgehead atoms. The predicted octanol–water partition coefficient (Wildman–Crippen LogP) is 2.75. The Hall–Kier alpha value is -0.260. The van der Waals surface area contributed by atoms with Crippen LogP contribution in [0.15, 0.2) is 18.2 Å². The van der Waals surface area contributed by atoms with E-state index in [0.717, 1.165) is 0 Å². The number of hydrogen-bond acceptors (Lipinski definition) is 2. The van der Waals surface area contributed by atoms with E-state index in [1.54, 1.807) is 0 Å². The third kappa shape index (κ3) is 5.59. The second-order valence-electron chi connectivity index (χ2n) is 3.17. The van der Waals surface area contributed by atoms with Crippen molar-refractivity contribution in [3.8, 4) is 0 Å². The van der Waals surface area contributed by atoms with Gasteiger partial charge in [-0.3, -0.25) is 4.72 Å². The highest BCUT2D eigenvalue weighted by Crippen LogP contribution is 2.23. The van der Waals surface area contributed by atoms with E-state index in [1.807, 2.05) is 27.3 Å². The Labute approximate surface area is 120 Å². The van der Waals surface area contributed by atoms with Crippen molar-refractivity contribution in [2.24, 2.45) is 0 Å². The van der Waals surface area contributed by atoms with E-state index in [2.05, 4.69) is 0 Å². The zero-order chi connectivity index (χ0) is 14.0. The Kier molecular flexibility index (Phi) is 5.09. The first-order valence-corrected chi connectivity index (χ1v) is 7.32. The summed E-state index contributed by atoms with van der Waals surface area (Å²) >= 11 is 7.47. The number of alkyl halides is 3. The van der Waals surface area contributed by atoms with Crippen LogP contribution in [0, 0.1) is 3.57 Å². The predicted molar refractivity (Wildman–Crippen MR) is 70.8 cm³/mol. The Morgan fingerprint density at radius 1 is 1.33 bits per heavy atom. The fraction of sp³-hybridized carbons (Fsp3) is 0.250. The molecular weight excluding hydrogens is 408 g/mol. The van der Waals surface area contributed by atoms with Crippen molar-refractivity contribution < 1.29 is 21.6 Å². The minimum Gasteiger partial charge on any atom is -0.270 e. The highest BCUT2D eigenvalue weighted by Gasteiger charge is 2.29. The normalized spacial score (nSPS) is 12.5. The van der Waals surface area contributed by atoms with Gasteiger partial charge in [-0.2, -0.15) is 26.3 Å². The molecule has 0 atom stereocenters. The molecule has 0 aromatic heterocycles. The summed E-state index contributed by atoms with van der Waals surface area (Å²) in [7, 11) is -4.27. The van der Waals surface area contributed by atoms with Crippen LogP contribution in [0.5, 0.6) is 0 Å². The molecule has 2 N–H and O–H groups in total. The van der Waals surface area contributed by atoms with Crippen LogP contribution in [-0.4, -0.2) is 21.1 Å². The summed E-state index contributed by atoms with van der Waals surface area (Å²) in [5.74, 6) is 0. The SMILES string of the molecule is O=S(=O)(NCC(F)(F)F)Nc1ccc(Cl)cc1I. The van der Waals surface area contributed by atoms with Gasteiger partial charge in [0.05, 0.1) is 5.69 Å². The van der Waals surface area contributed by atoms with Gasteiger partial charge in [-0.25, -0.2) is 0 Å². The monoisotopic (exact) mass is 414 g/mol. The number of anilines is 1. The molecule has 0 unspecified atom stereocenters. The van der Waals surface area contributed by atoms with Crippen LogP contribution in [0.2, 0.25) is 5.02 Å². The summed E-state index contributed by atoms with van der Waals surface area (Å²) in [6.45, 7) is -1.63. The van der Waals surface area contributed by atoms with E-state index < -0.39 is 22.9 Å². The molecule has 0 spiro atoms. The Bertz CT molecular complexity index is 536. The molecule has 1 rings (SSSR count). The van der Waals surface area contributed by atoms with E-state index >= 15 is 0 Å². The van der Waals surface area contributed by atoms with Crippen LogP contribution in [0.1, 0.15) is 0 Å². The zero-order valence-corrected chi connectivity index (χ0v) is 12.3. The Morgan fingerprint density at radius 3 is 2.44 bits per heavy atom. The van der Waals surface area contributed by atoms with Crippen LogP contribution >= 0.6 is 34.2 Å². The van der Waals surface area contributed by atoms with Crippen molar-refractivity contribution in [1.29, 1.82) is 0 Å². The molecule has 0 fully saturated rings. The number of halogens is 5. The van der Waals surface area contributed by atoms with Crippen molar-refractivity contribution in [3.05, 3.63) is 26.8 Å². The molecule has 0 amide bonds. The molecule has 0 aliphatic heterocycles. The fourth-order valence-corrected chi connectivity index (χ4v) is 3.01. The van der Waals surface area contributed by atoms with Crippen molar-refractivity contribution in [2.75, 3.05) is 11.3 Å². The van der Waals surface area contributed by atoms with Crippen molar-refractivity contribution in [2.45, 2.75) is 6.18 Å². The lowest BCUT2D eigenvalue weighted by molar-refractivity contribution is -0.121. The number of benzene rings is 1. The lowest BCUT2D eigenvalue weighted by Gasteiger charge is -2.12. The first kappa shape index (κ1) is 15.8. The van der Waals surface area contributed by atoms with Crippen LogP contribution < -0.4 is 9.44 Å². The highest BCUT2D eigenvalue weighted by atomic mass is 127. The molecule has 18 heavy (non-hydrogen) atoms. The molecule has 0 heterocycles. The van der Waals surface area contributed by atoms with Gasteiger partial charge in [0.2, 0.25) is 0 Å². The molecular formula is C8H7ClF3IN2O2S. The average Bonchev–Trinajstić information content (AvgIpc) is 2.19. The Balaban J connectivity index is 2.77. The van der Waals surface area contributed by atoms with Crippen LogP contribution in [-0.2, 0) is 10.2 Å². The second-order valence-corrected chi connectivity index (χ2v) is 6.26. The van der Waals surface area contributed by atoms with Gasteiger partial charge in [0.15, 0.2) is 0 Å². The van der Waals surface area contributed by atoms with E-state index in [-0.39, 0.29) is 5.69 Å². The van der Waals surface area contributed by atoms with E-state index in [1.165, 1.54) is 22.9 Å². The van der Waals surface area contributed by atoms with Gasteiger partial charge in [0.1, 0.15) is 6.54 Å². The molecule has 0 aliphatic rings. The van der Waals surface area contributed by atoms with E-state index in [9.17, 15) is 21.6 Å². The molecule has 4 nitrogen and oxygen atoms in total. The first-order chi connectivity index (χ1) is 8.09. The van der Waals surface area contributed by atoms with Crippen LogP contribution in [0.4, 0.5) is 18.9 Å². The lowest BCUT2D eigenvalue weighted by atomic mass is 10.3. The molecule has 102 valence electrons. The molecule has 0 radical (unpaired) electrons. The van der Waals surface area contributed by atoms with Gasteiger partial charge < -0.3 is 0 Å². The minimum atomic E-state index is -4.61. The summed E-state index contributed by atoms with van der Waals surface area (Å²) in [6, 6.07) is 4.26. The van der Waals surface area contributed by atoms with E-state index in [4.69, 9.17) is 11.6 Å². The van der Waals surface area contributed by atoms with Crippen molar-refractivity contribution in [3.63, 3.8) is 0 Å². The maximum absolute atomic E-state index is 11.9. The highest BCUT2D eigenvalue weighted by molar-refractivity contribution is 14.1. The molecule has 0 saturated heterocycles. The first-order valence-electron chi connectivity index (χ1n) is 4.38. The number of hydrogen-bond donors (Lipinski definition) is 2. The summed E-state index contributed by atoms with van der Waals surface area (Å²) in [4.78, 5) is 0. The third-order valence-corrected chi connectivity index (χ3v) is 3.78. The summed E-state index contributed by atoms with van der Waals surface area (Å²) in [5.41, 5.74) is 0.148.